The van der Waals surface area contributed by atoms with Gasteiger partial charge < -0.3 is 16.9 Å². The number of anilines is 1. The van der Waals surface area contributed by atoms with Crippen LogP contribution >= 0.6 is 0 Å². The fraction of sp³-hybridized carbons (Fsp3) is 0.238. The molecule has 1 aromatic carbocycles. The molecule has 5 N–H and O–H groups in total. The second-order valence-corrected chi connectivity index (χ2v) is 7.83. The molecule has 1 amide bonds. The SMILES string of the molecule is NC(=O)c1cncc2c3ccc(-c4cnc(N)nc4)cc3n(NC(C3CC3)C(F)(F)F)c12. The number of fused-ring (bicyclic) bond motifs is 3. The van der Waals surface area contributed by atoms with Gasteiger partial charge in [-0.15, -0.1) is 0 Å². The van der Waals surface area contributed by atoms with Crippen LogP contribution in [0.1, 0.15) is 23.2 Å². The first kappa shape index (κ1) is 20.0. The molecule has 8 nitrogen and oxygen atoms in total. The Balaban J connectivity index is 1.77. The fourth-order valence-corrected chi connectivity index (χ4v) is 3.95. The summed E-state index contributed by atoms with van der Waals surface area (Å²) in [4.78, 5) is 24.1. The molecule has 3 heterocycles. The second kappa shape index (κ2) is 7.08. The molecule has 0 spiro atoms. The summed E-state index contributed by atoms with van der Waals surface area (Å²) in [6.45, 7) is 0. The number of aromatic nitrogens is 4. The first-order valence-electron chi connectivity index (χ1n) is 9.87. The molecule has 0 saturated heterocycles. The van der Waals surface area contributed by atoms with E-state index in [0.29, 0.717) is 40.3 Å². The highest BCUT2D eigenvalue weighted by Crippen LogP contribution is 2.42. The Morgan fingerprint density at radius 3 is 2.44 bits per heavy atom. The van der Waals surface area contributed by atoms with Crippen LogP contribution in [0.5, 0.6) is 0 Å². The molecule has 1 unspecified atom stereocenters. The number of carbonyl (C=O) groups is 1. The Morgan fingerprint density at radius 1 is 1.09 bits per heavy atom. The van der Waals surface area contributed by atoms with Crippen LogP contribution in [0.4, 0.5) is 19.1 Å². The number of alkyl halides is 3. The van der Waals surface area contributed by atoms with Gasteiger partial charge in [0.25, 0.3) is 5.91 Å². The quantitative estimate of drug-likeness (QED) is 0.437. The summed E-state index contributed by atoms with van der Waals surface area (Å²) in [7, 11) is 0. The van der Waals surface area contributed by atoms with Crippen molar-refractivity contribution in [2.45, 2.75) is 25.1 Å². The van der Waals surface area contributed by atoms with Crippen LogP contribution < -0.4 is 16.9 Å². The maximum atomic E-state index is 13.8. The molecule has 1 atom stereocenters. The van der Waals surface area contributed by atoms with E-state index in [0.717, 1.165) is 0 Å². The highest BCUT2D eigenvalue weighted by Gasteiger charge is 2.49. The number of primary amides is 1. The van der Waals surface area contributed by atoms with E-state index in [2.05, 4.69) is 20.4 Å². The molecule has 5 rings (SSSR count). The van der Waals surface area contributed by atoms with Crippen LogP contribution in [0.3, 0.4) is 0 Å². The van der Waals surface area contributed by atoms with E-state index < -0.39 is 24.0 Å². The normalized spacial score (nSPS) is 15.2. The number of nitrogens with zero attached hydrogens (tertiary/aromatic N) is 4. The Morgan fingerprint density at radius 2 is 1.81 bits per heavy atom. The van der Waals surface area contributed by atoms with Gasteiger partial charge in [0.1, 0.15) is 6.04 Å². The molecule has 3 aromatic heterocycles. The smallest absolute Gasteiger partial charge is 0.368 e. The van der Waals surface area contributed by atoms with Crippen molar-refractivity contribution in [3.05, 3.63) is 48.5 Å². The summed E-state index contributed by atoms with van der Waals surface area (Å²) in [6, 6.07) is 3.49. The van der Waals surface area contributed by atoms with Crippen LogP contribution in [0.2, 0.25) is 0 Å². The number of nitrogens with two attached hydrogens (primary N) is 2. The number of carbonyl (C=O) groups excluding carboxylic acids is 1. The first-order valence-corrected chi connectivity index (χ1v) is 9.87. The average Bonchev–Trinajstić information content (AvgIpc) is 3.53. The molecule has 1 aliphatic rings. The van der Waals surface area contributed by atoms with Crippen molar-refractivity contribution in [2.75, 3.05) is 11.2 Å². The lowest BCUT2D eigenvalue weighted by Gasteiger charge is -2.24. The van der Waals surface area contributed by atoms with Gasteiger partial charge in [0.2, 0.25) is 5.95 Å². The predicted molar refractivity (Wildman–Crippen MR) is 113 cm³/mol. The molecule has 11 heteroatoms. The minimum Gasteiger partial charge on any atom is -0.368 e. The van der Waals surface area contributed by atoms with Crippen molar-refractivity contribution in [1.29, 1.82) is 0 Å². The van der Waals surface area contributed by atoms with Crippen molar-refractivity contribution >= 4 is 33.7 Å². The molecular formula is C21H18F3N7O. The van der Waals surface area contributed by atoms with Gasteiger partial charge in [-0.1, -0.05) is 12.1 Å². The molecule has 0 aliphatic heterocycles. The average molecular weight is 441 g/mol. The molecule has 4 aromatic rings. The lowest BCUT2D eigenvalue weighted by Crippen LogP contribution is -2.42. The third-order valence-corrected chi connectivity index (χ3v) is 5.65. The van der Waals surface area contributed by atoms with Gasteiger partial charge >= 0.3 is 6.18 Å². The topological polar surface area (TPSA) is 125 Å². The van der Waals surface area contributed by atoms with E-state index in [1.165, 1.54) is 29.5 Å². The minimum absolute atomic E-state index is 0.0280. The third-order valence-electron chi connectivity index (χ3n) is 5.65. The number of halogens is 3. The van der Waals surface area contributed by atoms with Gasteiger partial charge in [-0.3, -0.25) is 14.5 Å². The standard InChI is InChI=1S/C21H18F3N7O/c22-21(23,24)18(10-1-2-10)30-31-16-5-11(12-6-28-20(26)29-7-12)3-4-13(16)14-8-27-9-15(17(14)31)19(25)32/h3-10,18,30H,1-2H2,(H2,25,32)(H2,26,28,29). The van der Waals surface area contributed by atoms with Crippen molar-refractivity contribution in [1.82, 2.24) is 19.6 Å². The summed E-state index contributed by atoms with van der Waals surface area (Å²) in [5.41, 5.74) is 15.7. The molecule has 164 valence electrons. The van der Waals surface area contributed by atoms with Crippen molar-refractivity contribution in [3.8, 4) is 11.1 Å². The summed E-state index contributed by atoms with van der Waals surface area (Å²) >= 11 is 0. The lowest BCUT2D eigenvalue weighted by molar-refractivity contribution is -0.148. The van der Waals surface area contributed by atoms with Crippen LogP contribution in [0.15, 0.2) is 43.0 Å². The van der Waals surface area contributed by atoms with Gasteiger partial charge in [0.15, 0.2) is 0 Å². The molecule has 32 heavy (non-hydrogen) atoms. The Bertz CT molecular complexity index is 1340. The number of pyridine rings is 1. The van der Waals surface area contributed by atoms with Crippen LogP contribution in [0.25, 0.3) is 32.9 Å². The van der Waals surface area contributed by atoms with Gasteiger partial charge in [-0.05, 0) is 30.4 Å². The predicted octanol–water partition coefficient (Wildman–Crippen LogP) is 3.21. The summed E-state index contributed by atoms with van der Waals surface area (Å²) in [5, 5.41) is 1.14. The maximum Gasteiger partial charge on any atom is 0.410 e. The Hall–Kier alpha value is -3.89. The van der Waals surface area contributed by atoms with Crippen LogP contribution in [-0.2, 0) is 0 Å². The molecule has 1 saturated carbocycles. The van der Waals surface area contributed by atoms with Crippen LogP contribution in [0, 0.1) is 5.92 Å². The molecule has 1 aliphatic carbocycles. The monoisotopic (exact) mass is 441 g/mol. The highest BCUT2D eigenvalue weighted by atomic mass is 19.4. The third kappa shape index (κ3) is 3.35. The molecule has 1 fully saturated rings. The Labute approximate surface area is 179 Å². The largest absolute Gasteiger partial charge is 0.410 e. The van der Waals surface area contributed by atoms with Gasteiger partial charge in [-0.2, -0.15) is 13.2 Å². The zero-order valence-corrected chi connectivity index (χ0v) is 16.6. The van der Waals surface area contributed by atoms with Gasteiger partial charge in [0, 0.05) is 41.1 Å². The van der Waals surface area contributed by atoms with E-state index in [1.807, 2.05) is 0 Å². The highest BCUT2D eigenvalue weighted by molar-refractivity contribution is 6.15. The molecular weight excluding hydrogens is 423 g/mol. The molecule has 0 bridgehead atoms. The maximum absolute atomic E-state index is 13.8. The second-order valence-electron chi connectivity index (χ2n) is 7.83. The van der Waals surface area contributed by atoms with Crippen molar-refractivity contribution in [3.63, 3.8) is 0 Å². The zero-order chi connectivity index (χ0) is 22.6. The number of benzene rings is 1. The van der Waals surface area contributed by atoms with Crippen molar-refractivity contribution < 1.29 is 18.0 Å². The van der Waals surface area contributed by atoms with E-state index in [-0.39, 0.29) is 17.0 Å². The fourth-order valence-electron chi connectivity index (χ4n) is 3.95. The van der Waals surface area contributed by atoms with E-state index >= 15 is 0 Å². The summed E-state index contributed by atoms with van der Waals surface area (Å²) in [6.07, 6.45) is 2.32. The number of hydrogen-bond donors (Lipinski definition) is 3. The van der Waals surface area contributed by atoms with E-state index in [4.69, 9.17) is 11.5 Å². The molecule has 0 radical (unpaired) electrons. The zero-order valence-electron chi connectivity index (χ0n) is 16.6. The summed E-state index contributed by atoms with van der Waals surface area (Å²) < 4.78 is 42.8. The summed E-state index contributed by atoms with van der Waals surface area (Å²) in [5.74, 6) is -1.20. The number of hydrogen-bond acceptors (Lipinski definition) is 6. The van der Waals surface area contributed by atoms with Gasteiger partial charge in [-0.25, -0.2) is 9.97 Å². The van der Waals surface area contributed by atoms with E-state index in [9.17, 15) is 18.0 Å². The minimum atomic E-state index is -4.47. The van der Waals surface area contributed by atoms with Gasteiger partial charge in [0.05, 0.1) is 16.6 Å². The number of nitrogens with one attached hydrogen (secondary N) is 1. The number of amides is 1. The van der Waals surface area contributed by atoms with Crippen LogP contribution in [-0.4, -0.2) is 37.8 Å². The lowest BCUT2D eigenvalue weighted by atomic mass is 10.1. The number of nitrogen functional groups attached to an aromatic ring is 1. The number of rotatable bonds is 5. The van der Waals surface area contributed by atoms with Crippen molar-refractivity contribution in [2.24, 2.45) is 11.7 Å². The Kier molecular flexibility index (Phi) is 4.43. The first-order chi connectivity index (χ1) is 15.2. The van der Waals surface area contributed by atoms with E-state index in [1.54, 1.807) is 18.2 Å².